The highest BCUT2D eigenvalue weighted by Crippen LogP contribution is 2.35. The lowest BCUT2D eigenvalue weighted by molar-refractivity contribution is 0.0619. The lowest BCUT2D eigenvalue weighted by atomic mass is 9.77. The maximum absolute atomic E-state index is 3.57. The van der Waals surface area contributed by atoms with E-state index in [0.717, 1.165) is 23.8 Å². The number of piperidine rings is 1. The second-order valence-electron chi connectivity index (χ2n) is 7.06. The fourth-order valence-electron chi connectivity index (χ4n) is 4.83. The highest BCUT2D eigenvalue weighted by atomic mass is 15.1. The molecule has 0 aromatic rings. The molecule has 3 aliphatic rings. The van der Waals surface area contributed by atoms with E-state index in [-0.39, 0.29) is 0 Å². The SMILES string of the molecule is CNC1CCCCC1CN1CC2CCCC(C2)C1. The first-order chi connectivity index (χ1) is 8.85. The minimum absolute atomic E-state index is 0.792. The van der Waals surface area contributed by atoms with Gasteiger partial charge in [-0.2, -0.15) is 0 Å². The summed E-state index contributed by atoms with van der Waals surface area (Å²) in [4.78, 5) is 2.82. The molecule has 4 atom stereocenters. The molecule has 0 aromatic heterocycles. The van der Waals surface area contributed by atoms with Crippen molar-refractivity contribution in [2.24, 2.45) is 17.8 Å². The predicted octanol–water partition coefficient (Wildman–Crippen LogP) is 2.89. The molecule has 1 heterocycles. The zero-order valence-corrected chi connectivity index (χ0v) is 12.0. The van der Waals surface area contributed by atoms with E-state index in [0.29, 0.717) is 0 Å². The van der Waals surface area contributed by atoms with E-state index in [2.05, 4.69) is 17.3 Å². The summed E-state index contributed by atoms with van der Waals surface area (Å²) in [6.45, 7) is 4.19. The Morgan fingerprint density at radius 3 is 2.39 bits per heavy atom. The number of rotatable bonds is 3. The van der Waals surface area contributed by atoms with Gasteiger partial charge in [0.15, 0.2) is 0 Å². The van der Waals surface area contributed by atoms with E-state index in [4.69, 9.17) is 0 Å². The summed E-state index contributed by atoms with van der Waals surface area (Å²) in [5.74, 6) is 2.99. The summed E-state index contributed by atoms with van der Waals surface area (Å²) in [5.41, 5.74) is 0. The maximum Gasteiger partial charge on any atom is 0.0104 e. The number of nitrogens with zero attached hydrogens (tertiary/aromatic N) is 1. The molecule has 1 saturated heterocycles. The molecule has 2 heteroatoms. The molecule has 0 aromatic carbocycles. The van der Waals surface area contributed by atoms with Crippen LogP contribution in [0.5, 0.6) is 0 Å². The topological polar surface area (TPSA) is 15.3 Å². The maximum atomic E-state index is 3.57. The molecular formula is C16H30N2. The van der Waals surface area contributed by atoms with Crippen molar-refractivity contribution < 1.29 is 0 Å². The quantitative estimate of drug-likeness (QED) is 0.828. The first-order valence-electron chi connectivity index (χ1n) is 8.24. The van der Waals surface area contributed by atoms with Crippen LogP contribution >= 0.6 is 0 Å². The smallest absolute Gasteiger partial charge is 0.0104 e. The zero-order chi connectivity index (χ0) is 12.4. The molecule has 0 radical (unpaired) electrons. The predicted molar refractivity (Wildman–Crippen MR) is 76.7 cm³/mol. The van der Waals surface area contributed by atoms with Crippen molar-refractivity contribution in [2.75, 3.05) is 26.7 Å². The monoisotopic (exact) mass is 250 g/mol. The van der Waals surface area contributed by atoms with Gasteiger partial charge in [-0.05, 0) is 56.9 Å². The van der Waals surface area contributed by atoms with Crippen LogP contribution in [-0.2, 0) is 0 Å². The highest BCUT2D eigenvalue weighted by molar-refractivity contribution is 4.87. The first-order valence-corrected chi connectivity index (χ1v) is 8.24. The van der Waals surface area contributed by atoms with Crippen molar-refractivity contribution in [2.45, 2.75) is 57.4 Å². The largest absolute Gasteiger partial charge is 0.317 e. The number of nitrogens with one attached hydrogen (secondary N) is 1. The third kappa shape index (κ3) is 2.91. The molecular weight excluding hydrogens is 220 g/mol. The van der Waals surface area contributed by atoms with Crippen molar-refractivity contribution in [3.63, 3.8) is 0 Å². The molecule has 2 saturated carbocycles. The lowest BCUT2D eigenvalue weighted by Crippen LogP contribution is -2.48. The summed E-state index contributed by atoms with van der Waals surface area (Å²) in [6, 6.07) is 0.792. The second kappa shape index (κ2) is 5.92. The Hall–Kier alpha value is -0.0800. The molecule has 2 bridgehead atoms. The van der Waals surface area contributed by atoms with E-state index in [1.165, 1.54) is 71.0 Å². The van der Waals surface area contributed by atoms with Crippen molar-refractivity contribution >= 4 is 0 Å². The van der Waals surface area contributed by atoms with Gasteiger partial charge in [0, 0.05) is 25.7 Å². The van der Waals surface area contributed by atoms with E-state index in [9.17, 15) is 0 Å². The van der Waals surface area contributed by atoms with Gasteiger partial charge in [-0.3, -0.25) is 0 Å². The number of likely N-dealkylation sites (tertiary alicyclic amines) is 1. The summed E-state index contributed by atoms with van der Waals surface area (Å²) in [6.07, 6.45) is 11.8. The number of fused-ring (bicyclic) bond motifs is 2. The van der Waals surface area contributed by atoms with Crippen LogP contribution in [0.3, 0.4) is 0 Å². The Morgan fingerprint density at radius 2 is 1.67 bits per heavy atom. The van der Waals surface area contributed by atoms with Crippen LogP contribution in [0, 0.1) is 17.8 Å². The van der Waals surface area contributed by atoms with Gasteiger partial charge < -0.3 is 10.2 Å². The fourth-order valence-corrected chi connectivity index (χ4v) is 4.83. The average Bonchev–Trinajstić information content (AvgIpc) is 2.39. The minimum atomic E-state index is 0.792. The summed E-state index contributed by atoms with van der Waals surface area (Å²) in [7, 11) is 2.16. The Balaban J connectivity index is 1.55. The van der Waals surface area contributed by atoms with Crippen molar-refractivity contribution in [3.05, 3.63) is 0 Å². The molecule has 0 amide bonds. The van der Waals surface area contributed by atoms with Crippen LogP contribution in [0.25, 0.3) is 0 Å². The molecule has 3 fully saturated rings. The van der Waals surface area contributed by atoms with E-state index < -0.39 is 0 Å². The molecule has 4 unspecified atom stereocenters. The van der Waals surface area contributed by atoms with Crippen molar-refractivity contribution in [3.8, 4) is 0 Å². The fraction of sp³-hybridized carbons (Fsp3) is 1.00. The van der Waals surface area contributed by atoms with Crippen LogP contribution < -0.4 is 5.32 Å². The van der Waals surface area contributed by atoms with Crippen molar-refractivity contribution in [1.29, 1.82) is 0 Å². The van der Waals surface area contributed by atoms with E-state index in [1.807, 2.05) is 0 Å². The second-order valence-corrected chi connectivity index (χ2v) is 7.06. The van der Waals surface area contributed by atoms with E-state index in [1.54, 1.807) is 0 Å². The summed E-state index contributed by atoms with van der Waals surface area (Å²) >= 11 is 0. The molecule has 104 valence electrons. The normalized spacial score (nSPS) is 41.8. The van der Waals surface area contributed by atoms with Crippen LogP contribution in [0.15, 0.2) is 0 Å². The number of hydrogen-bond acceptors (Lipinski definition) is 2. The first kappa shape index (κ1) is 12.9. The third-order valence-electron chi connectivity index (χ3n) is 5.70. The molecule has 18 heavy (non-hydrogen) atoms. The molecule has 1 aliphatic heterocycles. The van der Waals surface area contributed by atoms with Crippen molar-refractivity contribution in [1.82, 2.24) is 10.2 Å². The Kier molecular flexibility index (Phi) is 4.25. The van der Waals surface area contributed by atoms with Gasteiger partial charge in [0.2, 0.25) is 0 Å². The van der Waals surface area contributed by atoms with Crippen LogP contribution in [0.4, 0.5) is 0 Å². The summed E-state index contributed by atoms with van der Waals surface area (Å²) in [5, 5.41) is 3.57. The highest BCUT2D eigenvalue weighted by Gasteiger charge is 2.33. The lowest BCUT2D eigenvalue weighted by Gasteiger charge is -2.44. The molecule has 0 spiro atoms. The van der Waals surface area contributed by atoms with Gasteiger partial charge in [0.05, 0.1) is 0 Å². The third-order valence-corrected chi connectivity index (χ3v) is 5.70. The van der Waals surface area contributed by atoms with E-state index >= 15 is 0 Å². The molecule has 2 aliphatic carbocycles. The molecule has 3 rings (SSSR count). The summed E-state index contributed by atoms with van der Waals surface area (Å²) < 4.78 is 0. The van der Waals surface area contributed by atoms with Crippen LogP contribution in [0.2, 0.25) is 0 Å². The standard InChI is InChI=1S/C16H30N2/c1-17-16-8-3-2-7-15(16)12-18-10-13-5-4-6-14(9-13)11-18/h13-17H,2-12H2,1H3. The zero-order valence-electron chi connectivity index (χ0n) is 12.0. The van der Waals surface area contributed by atoms with Gasteiger partial charge in [-0.15, -0.1) is 0 Å². The number of hydrogen-bond donors (Lipinski definition) is 1. The molecule has 2 nitrogen and oxygen atoms in total. The van der Waals surface area contributed by atoms with Gasteiger partial charge in [-0.1, -0.05) is 19.3 Å². The van der Waals surface area contributed by atoms with Gasteiger partial charge >= 0.3 is 0 Å². The van der Waals surface area contributed by atoms with Crippen LogP contribution in [-0.4, -0.2) is 37.6 Å². The average molecular weight is 250 g/mol. The minimum Gasteiger partial charge on any atom is -0.317 e. The Labute approximate surface area is 113 Å². The van der Waals surface area contributed by atoms with Gasteiger partial charge in [-0.25, -0.2) is 0 Å². The van der Waals surface area contributed by atoms with Gasteiger partial charge in [0.25, 0.3) is 0 Å². The Morgan fingerprint density at radius 1 is 0.944 bits per heavy atom. The van der Waals surface area contributed by atoms with Gasteiger partial charge in [0.1, 0.15) is 0 Å². The molecule has 1 N–H and O–H groups in total. The van der Waals surface area contributed by atoms with Crippen LogP contribution in [0.1, 0.15) is 51.4 Å². The Bertz CT molecular complexity index is 254.